The van der Waals surface area contributed by atoms with Gasteiger partial charge in [0.1, 0.15) is 12.4 Å². The van der Waals surface area contributed by atoms with Crippen LogP contribution >= 0.6 is 22.9 Å². The number of nitrogens with zero attached hydrogens (tertiary/aromatic N) is 2. The largest absolute Gasteiger partial charge is 0.492 e. The fraction of sp³-hybridized carbons (Fsp3) is 0.412. The van der Waals surface area contributed by atoms with Crippen LogP contribution in [-0.4, -0.2) is 49.1 Å². The van der Waals surface area contributed by atoms with Gasteiger partial charge in [-0.25, -0.2) is 0 Å². The molecular formula is C17H21ClN2OS. The summed E-state index contributed by atoms with van der Waals surface area (Å²) in [6.45, 7) is 7.21. The SMILES string of the molecule is Clc1ccc(CN2CCN(CCOc3ccccc3)CC2)s1. The van der Waals surface area contributed by atoms with E-state index in [9.17, 15) is 0 Å². The Morgan fingerprint density at radius 2 is 1.68 bits per heavy atom. The molecule has 118 valence electrons. The van der Waals surface area contributed by atoms with Crippen LogP contribution in [0.5, 0.6) is 5.75 Å². The van der Waals surface area contributed by atoms with Crippen molar-refractivity contribution in [3.63, 3.8) is 0 Å². The van der Waals surface area contributed by atoms with Gasteiger partial charge in [0.15, 0.2) is 0 Å². The third kappa shape index (κ3) is 4.71. The van der Waals surface area contributed by atoms with Crippen LogP contribution in [0.2, 0.25) is 4.34 Å². The molecule has 0 spiro atoms. The molecule has 3 nitrogen and oxygen atoms in total. The van der Waals surface area contributed by atoms with E-state index in [0.717, 1.165) is 56.0 Å². The summed E-state index contributed by atoms with van der Waals surface area (Å²) in [6, 6.07) is 14.1. The molecule has 1 aromatic heterocycles. The van der Waals surface area contributed by atoms with Crippen LogP contribution in [0.1, 0.15) is 4.88 Å². The molecule has 0 unspecified atom stereocenters. The van der Waals surface area contributed by atoms with E-state index in [1.54, 1.807) is 11.3 Å². The molecule has 1 aromatic carbocycles. The number of hydrogen-bond acceptors (Lipinski definition) is 4. The summed E-state index contributed by atoms with van der Waals surface area (Å²) >= 11 is 7.67. The fourth-order valence-electron chi connectivity index (χ4n) is 2.64. The third-order valence-electron chi connectivity index (χ3n) is 3.89. The van der Waals surface area contributed by atoms with Gasteiger partial charge in [-0.3, -0.25) is 9.80 Å². The lowest BCUT2D eigenvalue weighted by atomic mass is 10.3. The summed E-state index contributed by atoms with van der Waals surface area (Å²) in [5, 5.41) is 0. The van der Waals surface area contributed by atoms with Gasteiger partial charge >= 0.3 is 0 Å². The average Bonchev–Trinajstić information content (AvgIpc) is 2.95. The van der Waals surface area contributed by atoms with E-state index in [2.05, 4.69) is 15.9 Å². The highest BCUT2D eigenvalue weighted by Crippen LogP contribution is 2.23. The Kier molecular flexibility index (Phi) is 5.73. The quantitative estimate of drug-likeness (QED) is 0.801. The van der Waals surface area contributed by atoms with Crippen molar-refractivity contribution in [2.24, 2.45) is 0 Å². The van der Waals surface area contributed by atoms with Gasteiger partial charge < -0.3 is 4.74 Å². The number of para-hydroxylation sites is 1. The van der Waals surface area contributed by atoms with Crippen LogP contribution in [0.15, 0.2) is 42.5 Å². The molecule has 0 aliphatic carbocycles. The maximum absolute atomic E-state index is 5.99. The summed E-state index contributed by atoms with van der Waals surface area (Å²) in [7, 11) is 0. The molecule has 3 rings (SSSR count). The second-order valence-electron chi connectivity index (χ2n) is 5.49. The predicted molar refractivity (Wildman–Crippen MR) is 93.0 cm³/mol. The monoisotopic (exact) mass is 336 g/mol. The van der Waals surface area contributed by atoms with Gasteiger partial charge in [0, 0.05) is 44.1 Å². The Morgan fingerprint density at radius 3 is 2.36 bits per heavy atom. The molecule has 1 fully saturated rings. The molecule has 1 saturated heterocycles. The minimum atomic E-state index is 0.755. The molecule has 0 radical (unpaired) electrons. The van der Waals surface area contributed by atoms with Crippen LogP contribution in [0.3, 0.4) is 0 Å². The van der Waals surface area contributed by atoms with E-state index in [-0.39, 0.29) is 0 Å². The molecule has 1 aliphatic rings. The number of thiophene rings is 1. The van der Waals surface area contributed by atoms with Gasteiger partial charge in [-0.15, -0.1) is 11.3 Å². The van der Waals surface area contributed by atoms with Crippen molar-refractivity contribution in [3.8, 4) is 5.75 Å². The average molecular weight is 337 g/mol. The van der Waals surface area contributed by atoms with E-state index in [4.69, 9.17) is 16.3 Å². The topological polar surface area (TPSA) is 15.7 Å². The summed E-state index contributed by atoms with van der Waals surface area (Å²) < 4.78 is 6.65. The maximum Gasteiger partial charge on any atom is 0.119 e. The first-order valence-corrected chi connectivity index (χ1v) is 8.86. The summed E-state index contributed by atoms with van der Waals surface area (Å²) in [5.74, 6) is 0.954. The van der Waals surface area contributed by atoms with Crippen LogP contribution < -0.4 is 4.74 Å². The van der Waals surface area contributed by atoms with Gasteiger partial charge in [-0.1, -0.05) is 29.8 Å². The molecule has 0 N–H and O–H groups in total. The minimum Gasteiger partial charge on any atom is -0.492 e. The zero-order chi connectivity index (χ0) is 15.2. The Labute approximate surface area is 141 Å². The van der Waals surface area contributed by atoms with Crippen molar-refractivity contribution in [3.05, 3.63) is 51.7 Å². The normalized spacial score (nSPS) is 16.8. The van der Waals surface area contributed by atoms with Crippen LogP contribution in [0, 0.1) is 0 Å². The van der Waals surface area contributed by atoms with E-state index >= 15 is 0 Å². The number of hydrogen-bond donors (Lipinski definition) is 0. The van der Waals surface area contributed by atoms with E-state index < -0.39 is 0 Å². The molecule has 22 heavy (non-hydrogen) atoms. The van der Waals surface area contributed by atoms with Crippen LogP contribution in [0.25, 0.3) is 0 Å². The second-order valence-corrected chi connectivity index (χ2v) is 7.28. The van der Waals surface area contributed by atoms with Gasteiger partial charge in [0.2, 0.25) is 0 Å². The molecule has 0 amide bonds. The first-order chi connectivity index (χ1) is 10.8. The smallest absolute Gasteiger partial charge is 0.119 e. The van der Waals surface area contributed by atoms with E-state index in [0.29, 0.717) is 0 Å². The van der Waals surface area contributed by atoms with Crippen molar-refractivity contribution in [1.82, 2.24) is 9.80 Å². The zero-order valence-electron chi connectivity index (χ0n) is 12.6. The lowest BCUT2D eigenvalue weighted by Crippen LogP contribution is -2.46. The molecule has 0 saturated carbocycles. The number of benzene rings is 1. The van der Waals surface area contributed by atoms with Crippen molar-refractivity contribution >= 4 is 22.9 Å². The first-order valence-electron chi connectivity index (χ1n) is 7.66. The number of ether oxygens (including phenoxy) is 1. The van der Waals surface area contributed by atoms with Crippen LogP contribution in [-0.2, 0) is 6.54 Å². The summed E-state index contributed by atoms with van der Waals surface area (Å²) in [4.78, 5) is 6.32. The second kappa shape index (κ2) is 7.97. The molecule has 5 heteroatoms. The lowest BCUT2D eigenvalue weighted by Gasteiger charge is -2.34. The highest BCUT2D eigenvalue weighted by molar-refractivity contribution is 7.16. The van der Waals surface area contributed by atoms with Crippen molar-refractivity contribution in [2.75, 3.05) is 39.3 Å². The highest BCUT2D eigenvalue weighted by atomic mass is 35.5. The van der Waals surface area contributed by atoms with Crippen LogP contribution in [0.4, 0.5) is 0 Å². The number of piperazine rings is 1. The molecular weight excluding hydrogens is 316 g/mol. The lowest BCUT2D eigenvalue weighted by molar-refractivity contribution is 0.113. The molecule has 0 bridgehead atoms. The fourth-order valence-corrected chi connectivity index (χ4v) is 3.77. The molecule has 2 aromatic rings. The van der Waals surface area contributed by atoms with E-state index in [1.807, 2.05) is 36.4 Å². The Balaban J connectivity index is 1.35. The maximum atomic E-state index is 5.99. The highest BCUT2D eigenvalue weighted by Gasteiger charge is 2.17. The molecule has 0 atom stereocenters. The summed E-state index contributed by atoms with van der Waals surface area (Å²) in [5.41, 5.74) is 0. The minimum absolute atomic E-state index is 0.755. The Hall–Kier alpha value is -1.07. The summed E-state index contributed by atoms with van der Waals surface area (Å²) in [6.07, 6.45) is 0. The van der Waals surface area contributed by atoms with Gasteiger partial charge in [-0.05, 0) is 24.3 Å². The van der Waals surface area contributed by atoms with Gasteiger partial charge in [-0.2, -0.15) is 0 Å². The predicted octanol–water partition coefficient (Wildman–Crippen LogP) is 3.60. The van der Waals surface area contributed by atoms with Crippen molar-refractivity contribution < 1.29 is 4.74 Å². The van der Waals surface area contributed by atoms with Gasteiger partial charge in [0.25, 0.3) is 0 Å². The molecule has 2 heterocycles. The van der Waals surface area contributed by atoms with E-state index in [1.165, 1.54) is 4.88 Å². The zero-order valence-corrected chi connectivity index (χ0v) is 14.2. The third-order valence-corrected chi connectivity index (χ3v) is 5.11. The van der Waals surface area contributed by atoms with Crippen molar-refractivity contribution in [1.29, 1.82) is 0 Å². The van der Waals surface area contributed by atoms with Crippen molar-refractivity contribution in [2.45, 2.75) is 6.54 Å². The standard InChI is InChI=1S/C17H21ClN2OS/c18-17-7-6-16(22-17)14-20-10-8-19(9-11-20)12-13-21-15-4-2-1-3-5-15/h1-7H,8-14H2. The van der Waals surface area contributed by atoms with Gasteiger partial charge in [0.05, 0.1) is 4.34 Å². The molecule has 1 aliphatic heterocycles. The number of rotatable bonds is 6. The Morgan fingerprint density at radius 1 is 0.955 bits per heavy atom. The first kappa shape index (κ1) is 15.8. The Bertz CT molecular complexity index is 567. The number of halogens is 1.